The third-order valence-corrected chi connectivity index (χ3v) is 5.39. The number of carbonyl (C=O) groups is 1. The van der Waals surface area contributed by atoms with E-state index in [9.17, 15) is 18.0 Å². The molecule has 0 spiro atoms. The zero-order valence-electron chi connectivity index (χ0n) is 14.0. The summed E-state index contributed by atoms with van der Waals surface area (Å²) in [6.45, 7) is 0. The number of carbonyl (C=O) groups excluding carboxylic acids is 1. The standard InChI is InChI=1S/C20H15BrF3NO2/c21-16-13(7-4-8-14(16)20(22,23)24)15-17(26)18(11-5-2-1-3-6-11)27-19(15)25-12-9-10-12/h1-8,12,18,25H,9-10H2. The van der Waals surface area contributed by atoms with Crippen LogP contribution >= 0.6 is 15.9 Å². The highest BCUT2D eigenvalue weighted by molar-refractivity contribution is 9.10. The number of alkyl halides is 3. The summed E-state index contributed by atoms with van der Waals surface area (Å²) in [5, 5.41) is 3.15. The van der Waals surface area contributed by atoms with Gasteiger partial charge in [0.1, 0.15) is 0 Å². The molecular weight excluding hydrogens is 423 g/mol. The van der Waals surface area contributed by atoms with Crippen LogP contribution in [-0.4, -0.2) is 11.8 Å². The zero-order valence-corrected chi connectivity index (χ0v) is 15.6. The average molecular weight is 438 g/mol. The van der Waals surface area contributed by atoms with Gasteiger partial charge in [0.25, 0.3) is 0 Å². The van der Waals surface area contributed by atoms with Gasteiger partial charge in [-0.15, -0.1) is 0 Å². The molecule has 0 bridgehead atoms. The van der Waals surface area contributed by atoms with E-state index in [1.54, 1.807) is 24.3 Å². The second-order valence-corrected chi connectivity index (χ2v) is 7.35. The van der Waals surface area contributed by atoms with E-state index in [0.29, 0.717) is 5.56 Å². The minimum absolute atomic E-state index is 0.147. The van der Waals surface area contributed by atoms with Crippen LogP contribution in [0.15, 0.2) is 58.9 Å². The number of ether oxygens (including phenoxy) is 1. The Balaban J connectivity index is 1.79. The molecule has 27 heavy (non-hydrogen) atoms. The zero-order chi connectivity index (χ0) is 19.2. The van der Waals surface area contributed by atoms with E-state index in [1.165, 1.54) is 12.1 Å². The van der Waals surface area contributed by atoms with Crippen molar-refractivity contribution in [1.29, 1.82) is 0 Å². The van der Waals surface area contributed by atoms with Crippen molar-refractivity contribution in [1.82, 2.24) is 5.32 Å². The fraction of sp³-hybridized carbons (Fsp3) is 0.250. The van der Waals surface area contributed by atoms with E-state index in [1.807, 2.05) is 6.07 Å². The van der Waals surface area contributed by atoms with E-state index in [-0.39, 0.29) is 33.3 Å². The molecule has 1 unspecified atom stereocenters. The molecule has 1 aliphatic heterocycles. The Morgan fingerprint density at radius 3 is 2.37 bits per heavy atom. The van der Waals surface area contributed by atoms with Crippen LogP contribution in [0.3, 0.4) is 0 Å². The smallest absolute Gasteiger partial charge is 0.417 e. The largest absolute Gasteiger partial charge is 0.462 e. The summed E-state index contributed by atoms with van der Waals surface area (Å²) in [6, 6.07) is 12.9. The van der Waals surface area contributed by atoms with Crippen LogP contribution in [0.2, 0.25) is 0 Å². The van der Waals surface area contributed by atoms with Gasteiger partial charge in [0.05, 0.1) is 11.1 Å². The highest BCUT2D eigenvalue weighted by atomic mass is 79.9. The van der Waals surface area contributed by atoms with Crippen molar-refractivity contribution in [2.24, 2.45) is 0 Å². The summed E-state index contributed by atoms with van der Waals surface area (Å²) in [6.07, 6.45) is -3.52. The van der Waals surface area contributed by atoms with E-state index >= 15 is 0 Å². The Morgan fingerprint density at radius 1 is 1.04 bits per heavy atom. The van der Waals surface area contributed by atoms with Crippen molar-refractivity contribution in [3.63, 3.8) is 0 Å². The monoisotopic (exact) mass is 437 g/mol. The number of rotatable bonds is 4. The predicted molar refractivity (Wildman–Crippen MR) is 97.5 cm³/mol. The molecule has 0 aromatic heterocycles. The molecule has 1 fully saturated rings. The summed E-state index contributed by atoms with van der Waals surface area (Å²) >= 11 is 3.05. The molecule has 1 heterocycles. The highest BCUT2D eigenvalue weighted by Gasteiger charge is 2.41. The quantitative estimate of drug-likeness (QED) is 0.711. The van der Waals surface area contributed by atoms with Gasteiger partial charge in [0, 0.05) is 21.6 Å². The number of halogens is 4. The Labute approximate surface area is 162 Å². The van der Waals surface area contributed by atoms with Gasteiger partial charge in [0.15, 0.2) is 12.0 Å². The molecule has 7 heteroatoms. The number of Topliss-reactive ketones (excluding diaryl/α,β-unsaturated/α-hetero) is 1. The maximum Gasteiger partial charge on any atom is 0.417 e. The van der Waals surface area contributed by atoms with Crippen molar-refractivity contribution < 1.29 is 22.7 Å². The van der Waals surface area contributed by atoms with Crippen LogP contribution in [-0.2, 0) is 15.7 Å². The van der Waals surface area contributed by atoms with E-state index < -0.39 is 17.8 Å². The summed E-state index contributed by atoms with van der Waals surface area (Å²) in [4.78, 5) is 13.1. The summed E-state index contributed by atoms with van der Waals surface area (Å²) < 4.78 is 45.6. The van der Waals surface area contributed by atoms with Gasteiger partial charge in [-0.3, -0.25) is 4.79 Å². The SMILES string of the molecule is O=C1C(c2cccc(C(F)(F)F)c2Br)=C(NC2CC2)OC1c1ccccc1. The number of hydrogen-bond acceptors (Lipinski definition) is 3. The van der Waals surface area contributed by atoms with Crippen molar-refractivity contribution >= 4 is 27.3 Å². The van der Waals surface area contributed by atoms with Crippen molar-refractivity contribution in [2.45, 2.75) is 31.2 Å². The van der Waals surface area contributed by atoms with Gasteiger partial charge in [-0.05, 0) is 34.8 Å². The van der Waals surface area contributed by atoms with Gasteiger partial charge in [0.2, 0.25) is 5.78 Å². The number of hydrogen-bond donors (Lipinski definition) is 1. The third kappa shape index (κ3) is 3.48. The van der Waals surface area contributed by atoms with Crippen molar-refractivity contribution in [3.8, 4) is 0 Å². The average Bonchev–Trinajstić information content (AvgIpc) is 3.38. The number of nitrogens with one attached hydrogen (secondary N) is 1. The summed E-state index contributed by atoms with van der Waals surface area (Å²) in [5.74, 6) is -0.110. The molecule has 1 atom stereocenters. The number of ketones is 1. The van der Waals surface area contributed by atoms with Crippen molar-refractivity contribution in [3.05, 3.63) is 75.6 Å². The van der Waals surface area contributed by atoms with E-state index in [0.717, 1.165) is 18.9 Å². The first-order valence-electron chi connectivity index (χ1n) is 8.49. The van der Waals surface area contributed by atoms with Crippen LogP contribution in [0.5, 0.6) is 0 Å². The highest BCUT2D eigenvalue weighted by Crippen LogP contribution is 2.44. The lowest BCUT2D eigenvalue weighted by atomic mass is 9.95. The van der Waals surface area contributed by atoms with Crippen LogP contribution in [0, 0.1) is 0 Å². The molecular formula is C20H15BrF3NO2. The Kier molecular flexibility index (Phi) is 4.50. The fourth-order valence-corrected chi connectivity index (χ4v) is 3.73. The van der Waals surface area contributed by atoms with Gasteiger partial charge >= 0.3 is 6.18 Å². The fourth-order valence-electron chi connectivity index (χ4n) is 3.04. The lowest BCUT2D eigenvalue weighted by molar-refractivity contribution is -0.138. The minimum Gasteiger partial charge on any atom is -0.462 e. The van der Waals surface area contributed by atoms with Gasteiger partial charge in [-0.25, -0.2) is 0 Å². The Morgan fingerprint density at radius 2 is 1.74 bits per heavy atom. The molecule has 1 aliphatic carbocycles. The second-order valence-electron chi connectivity index (χ2n) is 6.56. The molecule has 1 saturated carbocycles. The van der Waals surface area contributed by atoms with Crippen LogP contribution in [0.1, 0.15) is 35.6 Å². The van der Waals surface area contributed by atoms with E-state index in [4.69, 9.17) is 4.74 Å². The maximum absolute atomic E-state index is 13.3. The lowest BCUT2D eigenvalue weighted by Crippen LogP contribution is -2.17. The first kappa shape index (κ1) is 18.1. The molecule has 0 radical (unpaired) electrons. The molecule has 2 aromatic rings. The minimum atomic E-state index is -4.53. The Hall–Kier alpha value is -2.28. The molecule has 140 valence electrons. The summed E-state index contributed by atoms with van der Waals surface area (Å²) in [7, 11) is 0. The normalized spacial score (nSPS) is 20.0. The lowest BCUT2D eigenvalue weighted by Gasteiger charge is -2.13. The van der Waals surface area contributed by atoms with E-state index in [2.05, 4.69) is 21.2 Å². The Bertz CT molecular complexity index is 921. The van der Waals surface area contributed by atoms with Crippen molar-refractivity contribution in [2.75, 3.05) is 0 Å². The number of benzene rings is 2. The molecule has 1 N–H and O–H groups in total. The topological polar surface area (TPSA) is 38.3 Å². The van der Waals surface area contributed by atoms with Gasteiger partial charge in [-0.2, -0.15) is 13.2 Å². The molecule has 3 nitrogen and oxygen atoms in total. The summed E-state index contributed by atoms with van der Waals surface area (Å²) in [5.41, 5.74) is 0.162. The van der Waals surface area contributed by atoms with Crippen LogP contribution in [0.25, 0.3) is 5.57 Å². The molecule has 2 aliphatic rings. The molecule has 0 amide bonds. The second kappa shape index (κ2) is 6.71. The maximum atomic E-state index is 13.3. The molecule has 4 rings (SSSR count). The predicted octanol–water partition coefficient (Wildman–Crippen LogP) is 5.23. The third-order valence-electron chi connectivity index (χ3n) is 4.54. The first-order chi connectivity index (χ1) is 12.9. The molecule has 0 saturated heterocycles. The van der Waals surface area contributed by atoms with Crippen LogP contribution < -0.4 is 5.32 Å². The van der Waals surface area contributed by atoms with Gasteiger partial charge in [-0.1, -0.05) is 42.5 Å². The van der Waals surface area contributed by atoms with Gasteiger partial charge < -0.3 is 10.1 Å². The first-order valence-corrected chi connectivity index (χ1v) is 9.28. The van der Waals surface area contributed by atoms with Crippen LogP contribution in [0.4, 0.5) is 13.2 Å². The molecule has 2 aromatic carbocycles.